The number of aromatic nitrogens is 2. The summed E-state index contributed by atoms with van der Waals surface area (Å²) in [5.74, 6) is 0.173. The number of thiazole rings is 1. The third kappa shape index (κ3) is 4.36. The standard InChI is InChI=1S/C13H17N3O2S2/c1-2-9-20(17,18)15-8-5-12-10-19-13(16-12)11-3-6-14-7-4-11/h3-4,6-7,10,15H,2,5,8-9H2,1H3. The van der Waals surface area contributed by atoms with Crippen molar-refractivity contribution in [3.63, 3.8) is 0 Å². The van der Waals surface area contributed by atoms with Crippen LogP contribution in [-0.2, 0) is 16.4 Å². The Morgan fingerprint density at radius 1 is 1.30 bits per heavy atom. The highest BCUT2D eigenvalue weighted by molar-refractivity contribution is 7.89. The summed E-state index contributed by atoms with van der Waals surface area (Å²) < 4.78 is 25.6. The van der Waals surface area contributed by atoms with E-state index in [4.69, 9.17) is 0 Å². The van der Waals surface area contributed by atoms with Crippen LogP contribution in [0.25, 0.3) is 10.6 Å². The van der Waals surface area contributed by atoms with Crippen LogP contribution in [0.5, 0.6) is 0 Å². The van der Waals surface area contributed by atoms with Crippen molar-refractivity contribution in [2.45, 2.75) is 19.8 Å². The fraction of sp³-hybridized carbons (Fsp3) is 0.385. The molecule has 20 heavy (non-hydrogen) atoms. The summed E-state index contributed by atoms with van der Waals surface area (Å²) in [5, 5.41) is 2.89. The zero-order valence-electron chi connectivity index (χ0n) is 11.2. The van der Waals surface area contributed by atoms with Gasteiger partial charge < -0.3 is 0 Å². The van der Waals surface area contributed by atoms with Gasteiger partial charge in [-0.2, -0.15) is 0 Å². The molecule has 7 heteroatoms. The highest BCUT2D eigenvalue weighted by atomic mass is 32.2. The minimum atomic E-state index is -3.13. The number of hydrogen-bond donors (Lipinski definition) is 1. The zero-order chi connectivity index (χ0) is 14.4. The fourth-order valence-corrected chi connectivity index (χ4v) is 3.68. The van der Waals surface area contributed by atoms with E-state index in [0.717, 1.165) is 16.3 Å². The van der Waals surface area contributed by atoms with Crippen molar-refractivity contribution in [1.82, 2.24) is 14.7 Å². The Hall–Kier alpha value is -1.31. The number of nitrogens with one attached hydrogen (secondary N) is 1. The highest BCUT2D eigenvalue weighted by Crippen LogP contribution is 2.22. The van der Waals surface area contributed by atoms with Crippen molar-refractivity contribution >= 4 is 21.4 Å². The van der Waals surface area contributed by atoms with Gasteiger partial charge in [-0.05, 0) is 18.6 Å². The van der Waals surface area contributed by atoms with Crippen molar-refractivity contribution in [1.29, 1.82) is 0 Å². The lowest BCUT2D eigenvalue weighted by Crippen LogP contribution is -2.28. The van der Waals surface area contributed by atoms with Crippen molar-refractivity contribution in [3.05, 3.63) is 35.6 Å². The van der Waals surface area contributed by atoms with E-state index in [9.17, 15) is 8.42 Å². The molecular formula is C13H17N3O2S2. The average molecular weight is 311 g/mol. The molecule has 2 aromatic heterocycles. The first kappa shape index (κ1) is 15.1. The normalized spacial score (nSPS) is 11.7. The van der Waals surface area contributed by atoms with Gasteiger partial charge in [-0.1, -0.05) is 6.92 Å². The van der Waals surface area contributed by atoms with Crippen LogP contribution in [-0.4, -0.2) is 30.7 Å². The monoisotopic (exact) mass is 311 g/mol. The first-order valence-corrected chi connectivity index (χ1v) is 8.96. The Morgan fingerprint density at radius 2 is 2.05 bits per heavy atom. The molecule has 0 bridgehead atoms. The molecule has 0 fully saturated rings. The maximum Gasteiger partial charge on any atom is 0.211 e. The largest absolute Gasteiger partial charge is 0.265 e. The molecule has 5 nitrogen and oxygen atoms in total. The van der Waals surface area contributed by atoms with E-state index in [2.05, 4.69) is 14.7 Å². The highest BCUT2D eigenvalue weighted by Gasteiger charge is 2.09. The van der Waals surface area contributed by atoms with Crippen LogP contribution in [0.15, 0.2) is 29.9 Å². The van der Waals surface area contributed by atoms with Crippen LogP contribution < -0.4 is 4.72 Å². The number of sulfonamides is 1. The minimum Gasteiger partial charge on any atom is -0.265 e. The van der Waals surface area contributed by atoms with Crippen molar-refractivity contribution in [2.24, 2.45) is 0 Å². The van der Waals surface area contributed by atoms with Crippen LogP contribution in [0.1, 0.15) is 19.0 Å². The van der Waals surface area contributed by atoms with Gasteiger partial charge >= 0.3 is 0 Å². The molecular weight excluding hydrogens is 294 g/mol. The summed E-state index contributed by atoms with van der Waals surface area (Å²) in [6.07, 6.45) is 4.69. The van der Waals surface area contributed by atoms with Gasteiger partial charge in [-0.25, -0.2) is 18.1 Å². The Bertz CT molecular complexity index is 639. The maximum atomic E-state index is 11.5. The third-order valence-corrected chi connectivity index (χ3v) is 5.18. The van der Waals surface area contributed by atoms with E-state index in [0.29, 0.717) is 19.4 Å². The summed E-state index contributed by atoms with van der Waals surface area (Å²) in [7, 11) is -3.13. The van der Waals surface area contributed by atoms with E-state index in [-0.39, 0.29) is 5.75 Å². The average Bonchev–Trinajstić information content (AvgIpc) is 2.88. The van der Waals surface area contributed by atoms with E-state index in [1.807, 2.05) is 24.4 Å². The molecule has 2 aromatic rings. The van der Waals surface area contributed by atoms with E-state index in [1.54, 1.807) is 23.7 Å². The molecule has 0 aliphatic rings. The minimum absolute atomic E-state index is 0.173. The lowest BCUT2D eigenvalue weighted by Gasteiger charge is -2.03. The second kappa shape index (κ2) is 6.92. The van der Waals surface area contributed by atoms with Crippen LogP contribution in [0.4, 0.5) is 0 Å². The SMILES string of the molecule is CCCS(=O)(=O)NCCc1csc(-c2ccncc2)n1. The molecule has 1 N–H and O–H groups in total. The van der Waals surface area contributed by atoms with Gasteiger partial charge in [0, 0.05) is 36.3 Å². The molecule has 0 saturated carbocycles. The van der Waals surface area contributed by atoms with Crippen molar-refractivity contribution in [3.8, 4) is 10.6 Å². The number of pyridine rings is 1. The second-order valence-electron chi connectivity index (χ2n) is 4.34. The first-order valence-electron chi connectivity index (χ1n) is 6.43. The predicted molar refractivity (Wildman–Crippen MR) is 81.1 cm³/mol. The molecule has 0 spiro atoms. The van der Waals surface area contributed by atoms with Gasteiger partial charge in [0.15, 0.2) is 0 Å². The predicted octanol–water partition coefficient (Wildman–Crippen LogP) is 2.08. The van der Waals surface area contributed by atoms with Gasteiger partial charge in [0.25, 0.3) is 0 Å². The van der Waals surface area contributed by atoms with Gasteiger partial charge in [-0.15, -0.1) is 11.3 Å². The lowest BCUT2D eigenvalue weighted by atomic mass is 10.3. The van der Waals surface area contributed by atoms with Crippen molar-refractivity contribution in [2.75, 3.05) is 12.3 Å². The number of nitrogens with zero attached hydrogens (tertiary/aromatic N) is 2. The van der Waals surface area contributed by atoms with Gasteiger partial charge in [0.2, 0.25) is 10.0 Å². The quantitative estimate of drug-likeness (QED) is 0.849. The molecule has 0 unspecified atom stereocenters. The molecule has 0 radical (unpaired) electrons. The Labute approximate surface area is 123 Å². The number of hydrogen-bond acceptors (Lipinski definition) is 5. The van der Waals surface area contributed by atoms with Crippen LogP contribution in [0, 0.1) is 0 Å². The summed E-state index contributed by atoms with van der Waals surface area (Å²) in [6.45, 7) is 2.24. The lowest BCUT2D eigenvalue weighted by molar-refractivity contribution is 0.580. The fourth-order valence-electron chi connectivity index (χ4n) is 1.72. The molecule has 0 saturated heterocycles. The van der Waals surface area contributed by atoms with Crippen molar-refractivity contribution < 1.29 is 8.42 Å². The summed E-state index contributed by atoms with van der Waals surface area (Å²) in [4.78, 5) is 8.47. The summed E-state index contributed by atoms with van der Waals surface area (Å²) >= 11 is 1.55. The van der Waals surface area contributed by atoms with E-state index >= 15 is 0 Å². The zero-order valence-corrected chi connectivity index (χ0v) is 12.9. The van der Waals surface area contributed by atoms with E-state index < -0.39 is 10.0 Å². The smallest absolute Gasteiger partial charge is 0.211 e. The topological polar surface area (TPSA) is 72.0 Å². The Kier molecular flexibility index (Phi) is 5.22. The molecule has 108 valence electrons. The molecule has 0 atom stereocenters. The molecule has 2 heterocycles. The molecule has 0 aliphatic heterocycles. The second-order valence-corrected chi connectivity index (χ2v) is 7.13. The maximum absolute atomic E-state index is 11.5. The van der Waals surface area contributed by atoms with E-state index in [1.165, 1.54) is 0 Å². The van der Waals surface area contributed by atoms with Gasteiger partial charge in [0.1, 0.15) is 5.01 Å². The Morgan fingerprint density at radius 3 is 2.75 bits per heavy atom. The molecule has 0 aliphatic carbocycles. The van der Waals surface area contributed by atoms with Crippen LogP contribution in [0.2, 0.25) is 0 Å². The summed E-state index contributed by atoms with van der Waals surface area (Å²) in [6, 6.07) is 3.82. The molecule has 0 aromatic carbocycles. The summed E-state index contributed by atoms with van der Waals surface area (Å²) in [5.41, 5.74) is 1.93. The third-order valence-electron chi connectivity index (χ3n) is 2.65. The first-order chi connectivity index (χ1) is 9.61. The Balaban J connectivity index is 1.91. The van der Waals surface area contributed by atoms with Gasteiger partial charge in [0.05, 0.1) is 11.4 Å². The number of rotatable bonds is 7. The molecule has 0 amide bonds. The van der Waals surface area contributed by atoms with Gasteiger partial charge in [-0.3, -0.25) is 4.98 Å². The molecule has 2 rings (SSSR count). The van der Waals surface area contributed by atoms with Crippen LogP contribution in [0.3, 0.4) is 0 Å². The van der Waals surface area contributed by atoms with Crippen LogP contribution >= 0.6 is 11.3 Å².